The lowest BCUT2D eigenvalue weighted by Crippen LogP contribution is -2.38. The van der Waals surface area contributed by atoms with Crippen LogP contribution in [0.1, 0.15) is 11.1 Å². The average Bonchev–Trinajstić information content (AvgIpc) is 2.96. The van der Waals surface area contributed by atoms with Gasteiger partial charge in [0.25, 0.3) is 15.7 Å². The highest BCUT2D eigenvalue weighted by Crippen LogP contribution is 2.36. The molecule has 0 unspecified atom stereocenters. The van der Waals surface area contributed by atoms with E-state index in [0.29, 0.717) is 18.0 Å². The van der Waals surface area contributed by atoms with E-state index in [1.54, 1.807) is 24.3 Å². The lowest BCUT2D eigenvalue weighted by Gasteiger charge is -2.26. The number of rotatable bonds is 11. The zero-order valence-electron chi connectivity index (χ0n) is 22.1. The minimum Gasteiger partial charge on any atom is -0.495 e. The van der Waals surface area contributed by atoms with Crippen LogP contribution in [0.4, 0.5) is 17.1 Å². The van der Waals surface area contributed by atoms with Crippen molar-refractivity contribution in [2.75, 3.05) is 23.3 Å². The number of nitro groups is 1. The number of anilines is 2. The molecule has 0 bridgehead atoms. The van der Waals surface area contributed by atoms with Crippen molar-refractivity contribution in [1.82, 2.24) is 0 Å². The number of aryl methyl sites for hydroxylation is 1. The van der Waals surface area contributed by atoms with Crippen molar-refractivity contribution < 1.29 is 27.6 Å². The van der Waals surface area contributed by atoms with Gasteiger partial charge in [0.15, 0.2) is 0 Å². The molecule has 0 radical (unpaired) electrons. The first-order valence-electron chi connectivity index (χ1n) is 12.3. The second-order valence-corrected chi connectivity index (χ2v) is 11.2. The number of hydrogen-bond acceptors (Lipinski definition) is 7. The first-order valence-corrected chi connectivity index (χ1v) is 14.1. The first-order chi connectivity index (χ1) is 19.6. The number of methoxy groups -OCH3 is 1. The van der Waals surface area contributed by atoms with Crippen LogP contribution in [0.15, 0.2) is 95.9 Å². The van der Waals surface area contributed by atoms with Gasteiger partial charge in [-0.1, -0.05) is 48.0 Å². The third kappa shape index (κ3) is 7.13. The SMILES string of the molecule is COc1ccc(Cl)cc1N(CC(=O)Nc1ccc(OCc2ccccc2)cc1)S(=O)(=O)c1ccc(C)c([N+](=O)[O-])c1. The number of ether oxygens (including phenoxy) is 2. The van der Waals surface area contributed by atoms with E-state index in [1.165, 1.54) is 44.4 Å². The molecule has 0 saturated carbocycles. The molecule has 0 fully saturated rings. The molecule has 0 atom stereocenters. The Labute approximate surface area is 242 Å². The molecule has 41 heavy (non-hydrogen) atoms. The van der Waals surface area contributed by atoms with E-state index in [9.17, 15) is 23.3 Å². The van der Waals surface area contributed by atoms with Crippen LogP contribution < -0.4 is 19.1 Å². The van der Waals surface area contributed by atoms with Gasteiger partial charge in [-0.3, -0.25) is 19.2 Å². The Morgan fingerprint density at radius 2 is 1.71 bits per heavy atom. The second kappa shape index (κ2) is 12.7. The number of nitrogens with one attached hydrogen (secondary N) is 1. The van der Waals surface area contributed by atoms with Gasteiger partial charge < -0.3 is 14.8 Å². The number of sulfonamides is 1. The molecule has 0 spiro atoms. The Bertz CT molecular complexity index is 1660. The molecule has 0 aliphatic rings. The average molecular weight is 596 g/mol. The maximum Gasteiger partial charge on any atom is 0.273 e. The molecule has 212 valence electrons. The monoisotopic (exact) mass is 595 g/mol. The van der Waals surface area contributed by atoms with E-state index in [4.69, 9.17) is 21.1 Å². The molecule has 0 aromatic heterocycles. The molecule has 0 aliphatic heterocycles. The summed E-state index contributed by atoms with van der Waals surface area (Å²) in [5.74, 6) is 0.0446. The first kappa shape index (κ1) is 29.4. The Morgan fingerprint density at radius 1 is 1.00 bits per heavy atom. The molecule has 1 amide bonds. The van der Waals surface area contributed by atoms with Gasteiger partial charge in [-0.15, -0.1) is 0 Å². The fourth-order valence-electron chi connectivity index (χ4n) is 3.94. The Morgan fingerprint density at radius 3 is 2.37 bits per heavy atom. The van der Waals surface area contributed by atoms with Gasteiger partial charge in [0.1, 0.15) is 24.7 Å². The van der Waals surface area contributed by atoms with Gasteiger partial charge >= 0.3 is 0 Å². The second-order valence-electron chi connectivity index (χ2n) is 8.88. The highest BCUT2D eigenvalue weighted by Gasteiger charge is 2.31. The van der Waals surface area contributed by atoms with Crippen LogP contribution in [0, 0.1) is 17.0 Å². The van der Waals surface area contributed by atoms with E-state index < -0.39 is 27.4 Å². The summed E-state index contributed by atoms with van der Waals surface area (Å²) in [7, 11) is -3.15. The molecular weight excluding hydrogens is 570 g/mol. The highest BCUT2D eigenvalue weighted by atomic mass is 35.5. The fourth-order valence-corrected chi connectivity index (χ4v) is 5.55. The number of halogens is 1. The number of nitrogens with zero attached hydrogens (tertiary/aromatic N) is 2. The molecule has 0 saturated heterocycles. The minimum atomic E-state index is -4.49. The Hall–Kier alpha value is -4.61. The zero-order chi connectivity index (χ0) is 29.6. The molecule has 4 aromatic rings. The fraction of sp³-hybridized carbons (Fsp3) is 0.138. The summed E-state index contributed by atoms with van der Waals surface area (Å²) < 4.78 is 39.6. The highest BCUT2D eigenvalue weighted by molar-refractivity contribution is 7.92. The van der Waals surface area contributed by atoms with Crippen molar-refractivity contribution in [3.63, 3.8) is 0 Å². The topological polar surface area (TPSA) is 128 Å². The molecule has 12 heteroatoms. The Kier molecular flexibility index (Phi) is 9.10. The standard InChI is InChI=1S/C29H26ClN3O7S/c1-20-8-14-25(17-26(20)33(35)36)41(37,38)32(27-16-22(30)9-15-28(27)39-2)18-29(34)31-23-10-12-24(13-11-23)40-19-21-6-4-3-5-7-21/h3-17H,18-19H2,1-2H3,(H,31,34). The largest absolute Gasteiger partial charge is 0.495 e. The quantitative estimate of drug-likeness (QED) is 0.167. The van der Waals surface area contributed by atoms with Crippen LogP contribution >= 0.6 is 11.6 Å². The van der Waals surface area contributed by atoms with Gasteiger partial charge in [-0.25, -0.2) is 8.42 Å². The molecule has 4 rings (SSSR count). The maximum absolute atomic E-state index is 13.8. The smallest absolute Gasteiger partial charge is 0.273 e. The number of carbonyl (C=O) groups is 1. The summed E-state index contributed by atoms with van der Waals surface area (Å²) in [5, 5.41) is 14.4. The molecule has 4 aromatic carbocycles. The van der Waals surface area contributed by atoms with Crippen molar-refractivity contribution in [3.05, 3.63) is 117 Å². The van der Waals surface area contributed by atoms with Crippen molar-refractivity contribution in [2.24, 2.45) is 0 Å². The summed E-state index contributed by atoms with van der Waals surface area (Å²) in [6.07, 6.45) is 0. The maximum atomic E-state index is 13.8. The molecule has 10 nitrogen and oxygen atoms in total. The lowest BCUT2D eigenvalue weighted by atomic mass is 10.2. The summed E-state index contributed by atoms with van der Waals surface area (Å²) in [5.41, 5.74) is 1.31. The van der Waals surface area contributed by atoms with Crippen molar-refractivity contribution >= 4 is 44.6 Å². The molecule has 0 heterocycles. The molecule has 1 N–H and O–H groups in total. The van der Waals surface area contributed by atoms with Crippen LogP contribution in [0.5, 0.6) is 11.5 Å². The normalized spacial score (nSPS) is 11.0. The van der Waals surface area contributed by atoms with Crippen LogP contribution in [0.2, 0.25) is 5.02 Å². The molecular formula is C29H26ClN3O7S. The van der Waals surface area contributed by atoms with Crippen molar-refractivity contribution in [2.45, 2.75) is 18.4 Å². The van der Waals surface area contributed by atoms with E-state index in [0.717, 1.165) is 15.9 Å². The summed E-state index contributed by atoms with van der Waals surface area (Å²) in [6.45, 7) is 1.20. The third-order valence-corrected chi connectivity index (χ3v) is 8.04. The summed E-state index contributed by atoms with van der Waals surface area (Å²) in [4.78, 5) is 23.6. The van der Waals surface area contributed by atoms with Gasteiger partial charge in [-0.2, -0.15) is 0 Å². The van der Waals surface area contributed by atoms with Crippen molar-refractivity contribution in [3.8, 4) is 11.5 Å². The van der Waals surface area contributed by atoms with Crippen molar-refractivity contribution in [1.29, 1.82) is 0 Å². The van der Waals surface area contributed by atoms with Crippen LogP contribution in [-0.2, 0) is 21.4 Å². The summed E-state index contributed by atoms with van der Waals surface area (Å²) in [6, 6.07) is 24.1. The Balaban J connectivity index is 1.59. The van der Waals surface area contributed by atoms with Gasteiger partial charge in [0.2, 0.25) is 5.91 Å². The number of hydrogen-bond donors (Lipinski definition) is 1. The predicted molar refractivity (Wildman–Crippen MR) is 156 cm³/mol. The van der Waals surface area contributed by atoms with Crippen LogP contribution in [0.25, 0.3) is 0 Å². The molecule has 0 aliphatic carbocycles. The number of amides is 1. The zero-order valence-corrected chi connectivity index (χ0v) is 23.7. The summed E-state index contributed by atoms with van der Waals surface area (Å²) >= 11 is 6.17. The number of nitro benzene ring substituents is 1. The number of benzene rings is 4. The van der Waals surface area contributed by atoms with Gasteiger partial charge in [0, 0.05) is 22.3 Å². The third-order valence-electron chi connectivity index (χ3n) is 6.05. The van der Waals surface area contributed by atoms with Gasteiger partial charge in [0.05, 0.1) is 22.6 Å². The lowest BCUT2D eigenvalue weighted by molar-refractivity contribution is -0.385. The van der Waals surface area contributed by atoms with E-state index in [-0.39, 0.29) is 32.6 Å². The van der Waals surface area contributed by atoms with E-state index >= 15 is 0 Å². The number of carbonyl (C=O) groups excluding carboxylic acids is 1. The van der Waals surface area contributed by atoms with Gasteiger partial charge in [-0.05, 0) is 61.0 Å². The minimum absolute atomic E-state index is 0.0111. The predicted octanol–water partition coefficient (Wildman–Crippen LogP) is 5.98. The van der Waals surface area contributed by atoms with E-state index in [2.05, 4.69) is 5.32 Å². The van der Waals surface area contributed by atoms with E-state index in [1.807, 2.05) is 30.3 Å². The van der Waals surface area contributed by atoms with Crippen LogP contribution in [0.3, 0.4) is 0 Å². The van der Waals surface area contributed by atoms with Crippen LogP contribution in [-0.4, -0.2) is 32.9 Å².